The first-order valence-electron chi connectivity index (χ1n) is 8.34. The largest absolute Gasteiger partial charge is 0.482 e. The Balaban J connectivity index is 1.49. The highest BCUT2D eigenvalue weighted by Crippen LogP contribution is 2.22. The first kappa shape index (κ1) is 17.5. The molecule has 5 heteroatoms. The van der Waals surface area contributed by atoms with Crippen LogP contribution < -0.4 is 14.2 Å². The van der Waals surface area contributed by atoms with E-state index in [1.54, 1.807) is 36.5 Å². The minimum absolute atomic E-state index is 0.155. The number of benzene rings is 2. The molecule has 0 radical (unpaired) electrons. The van der Waals surface area contributed by atoms with Gasteiger partial charge >= 0.3 is 5.97 Å². The molecule has 0 N–H and O–H groups in total. The van der Waals surface area contributed by atoms with Crippen molar-refractivity contribution in [1.29, 1.82) is 0 Å². The Kier molecular flexibility index (Phi) is 5.83. The lowest BCUT2D eigenvalue weighted by molar-refractivity contribution is -0.136. The molecule has 0 saturated heterocycles. The lowest BCUT2D eigenvalue weighted by Crippen LogP contribution is -2.17. The summed E-state index contributed by atoms with van der Waals surface area (Å²) in [7, 11) is 0. The van der Waals surface area contributed by atoms with Gasteiger partial charge in [0.25, 0.3) is 0 Å². The Morgan fingerprint density at radius 1 is 0.885 bits per heavy atom. The Morgan fingerprint density at radius 2 is 1.58 bits per heavy atom. The van der Waals surface area contributed by atoms with Gasteiger partial charge in [-0.3, -0.25) is 0 Å². The second-order valence-corrected chi connectivity index (χ2v) is 5.50. The summed E-state index contributed by atoms with van der Waals surface area (Å²) in [5, 5.41) is 0. The fraction of sp³-hybridized carbons (Fsp3) is 0.143. The third-order valence-electron chi connectivity index (χ3n) is 3.60. The molecule has 1 heterocycles. The van der Waals surface area contributed by atoms with Gasteiger partial charge in [-0.05, 0) is 54.4 Å². The van der Waals surface area contributed by atoms with Gasteiger partial charge in [-0.25, -0.2) is 9.78 Å². The molecule has 0 unspecified atom stereocenters. The number of carbonyl (C=O) groups is 1. The van der Waals surface area contributed by atoms with Crippen LogP contribution in [0.4, 0.5) is 0 Å². The van der Waals surface area contributed by atoms with Gasteiger partial charge in [0.15, 0.2) is 6.61 Å². The number of aromatic nitrogens is 1. The van der Waals surface area contributed by atoms with E-state index in [1.807, 2.05) is 36.4 Å². The third kappa shape index (κ3) is 5.08. The zero-order valence-corrected chi connectivity index (χ0v) is 14.4. The van der Waals surface area contributed by atoms with Crippen LogP contribution in [0.15, 0.2) is 72.9 Å². The molecule has 5 nitrogen and oxygen atoms in total. The van der Waals surface area contributed by atoms with Crippen LogP contribution in [-0.2, 0) is 11.2 Å². The lowest BCUT2D eigenvalue weighted by Gasteiger charge is -2.08. The van der Waals surface area contributed by atoms with Crippen LogP contribution >= 0.6 is 0 Å². The average Bonchev–Trinajstić information content (AvgIpc) is 2.69. The normalized spacial score (nSPS) is 10.2. The van der Waals surface area contributed by atoms with E-state index in [0.717, 1.165) is 6.42 Å². The fourth-order valence-electron chi connectivity index (χ4n) is 2.23. The highest BCUT2D eigenvalue weighted by Gasteiger charge is 2.07. The molecule has 0 fully saturated rings. The summed E-state index contributed by atoms with van der Waals surface area (Å²) in [6, 6.07) is 19.8. The van der Waals surface area contributed by atoms with E-state index in [1.165, 1.54) is 5.56 Å². The van der Waals surface area contributed by atoms with Crippen molar-refractivity contribution < 1.29 is 19.0 Å². The Labute approximate surface area is 152 Å². The first-order valence-corrected chi connectivity index (χ1v) is 8.34. The molecule has 0 aliphatic rings. The Morgan fingerprint density at radius 3 is 2.23 bits per heavy atom. The molecule has 3 aromatic rings. The number of nitrogens with zero attached hydrogens (tertiary/aromatic N) is 1. The van der Waals surface area contributed by atoms with Gasteiger partial charge < -0.3 is 14.2 Å². The molecule has 0 aliphatic heterocycles. The zero-order chi connectivity index (χ0) is 18.2. The number of pyridine rings is 1. The molecule has 0 amide bonds. The lowest BCUT2D eigenvalue weighted by atomic mass is 10.2. The van der Waals surface area contributed by atoms with Gasteiger partial charge in [-0.2, -0.15) is 0 Å². The first-order chi connectivity index (χ1) is 12.7. The van der Waals surface area contributed by atoms with Crippen molar-refractivity contribution in [1.82, 2.24) is 4.98 Å². The molecule has 0 saturated carbocycles. The summed E-state index contributed by atoms with van der Waals surface area (Å²) in [6.45, 7) is 1.93. The molecular formula is C21H19NO4. The van der Waals surface area contributed by atoms with E-state index < -0.39 is 5.97 Å². The molecule has 0 atom stereocenters. The fourth-order valence-corrected chi connectivity index (χ4v) is 2.23. The molecule has 132 valence electrons. The molecule has 0 aliphatic carbocycles. The molecule has 1 aromatic heterocycles. The maximum Gasteiger partial charge on any atom is 0.349 e. The number of hydrogen-bond donors (Lipinski definition) is 0. The van der Waals surface area contributed by atoms with Crippen LogP contribution in [-0.4, -0.2) is 17.6 Å². The van der Waals surface area contributed by atoms with Gasteiger partial charge in [0.1, 0.15) is 17.2 Å². The van der Waals surface area contributed by atoms with Crippen molar-refractivity contribution in [2.75, 3.05) is 6.61 Å². The summed E-state index contributed by atoms with van der Waals surface area (Å²) < 4.78 is 16.3. The summed E-state index contributed by atoms with van der Waals surface area (Å²) in [6.07, 6.45) is 2.61. The van der Waals surface area contributed by atoms with E-state index in [0.29, 0.717) is 23.1 Å². The second kappa shape index (κ2) is 8.67. The van der Waals surface area contributed by atoms with Gasteiger partial charge in [-0.1, -0.05) is 25.1 Å². The number of esters is 1. The van der Waals surface area contributed by atoms with E-state index in [-0.39, 0.29) is 6.61 Å². The SMILES string of the molecule is CCc1ccc(OCC(=O)Oc2ccc(Oc3ccccn3)cc2)cc1. The Hall–Kier alpha value is -3.34. The minimum atomic E-state index is -0.469. The minimum Gasteiger partial charge on any atom is -0.482 e. The number of rotatable bonds is 7. The predicted molar refractivity (Wildman–Crippen MR) is 97.7 cm³/mol. The number of carbonyl (C=O) groups excluding carboxylic acids is 1. The third-order valence-corrected chi connectivity index (χ3v) is 3.60. The van der Waals surface area contributed by atoms with Crippen molar-refractivity contribution in [2.45, 2.75) is 13.3 Å². The van der Waals surface area contributed by atoms with Crippen molar-refractivity contribution in [3.8, 4) is 23.1 Å². The van der Waals surface area contributed by atoms with Crippen LogP contribution in [0.5, 0.6) is 23.1 Å². The highest BCUT2D eigenvalue weighted by atomic mass is 16.6. The summed E-state index contributed by atoms with van der Waals surface area (Å²) in [5.41, 5.74) is 1.22. The van der Waals surface area contributed by atoms with Crippen molar-refractivity contribution in [3.05, 3.63) is 78.5 Å². The monoisotopic (exact) mass is 349 g/mol. The van der Waals surface area contributed by atoms with Gasteiger partial charge in [0, 0.05) is 12.3 Å². The highest BCUT2D eigenvalue weighted by molar-refractivity contribution is 5.74. The average molecular weight is 349 g/mol. The quantitative estimate of drug-likeness (QED) is 0.467. The smallest absolute Gasteiger partial charge is 0.349 e. The van der Waals surface area contributed by atoms with Crippen LogP contribution in [0.25, 0.3) is 0 Å². The number of ether oxygens (including phenoxy) is 3. The standard InChI is InChI=1S/C21H19NO4/c1-2-16-6-8-17(9-7-16)24-15-21(23)26-19-12-10-18(11-13-19)25-20-5-3-4-14-22-20/h3-14H,2,15H2,1H3. The summed E-state index contributed by atoms with van der Waals surface area (Å²) in [4.78, 5) is 16.0. The molecule has 0 bridgehead atoms. The van der Waals surface area contributed by atoms with Gasteiger partial charge in [0.2, 0.25) is 5.88 Å². The second-order valence-electron chi connectivity index (χ2n) is 5.50. The topological polar surface area (TPSA) is 57.7 Å². The van der Waals surface area contributed by atoms with E-state index in [4.69, 9.17) is 14.2 Å². The van der Waals surface area contributed by atoms with Gasteiger partial charge in [0.05, 0.1) is 0 Å². The van der Waals surface area contributed by atoms with Gasteiger partial charge in [-0.15, -0.1) is 0 Å². The van der Waals surface area contributed by atoms with E-state index >= 15 is 0 Å². The van der Waals surface area contributed by atoms with E-state index in [9.17, 15) is 4.79 Å². The molecule has 3 rings (SSSR count). The van der Waals surface area contributed by atoms with Crippen LogP contribution in [0.2, 0.25) is 0 Å². The van der Waals surface area contributed by atoms with Crippen molar-refractivity contribution in [3.63, 3.8) is 0 Å². The summed E-state index contributed by atoms with van der Waals surface area (Å²) in [5.74, 6) is 1.70. The van der Waals surface area contributed by atoms with Crippen molar-refractivity contribution in [2.24, 2.45) is 0 Å². The molecule has 2 aromatic carbocycles. The predicted octanol–water partition coefficient (Wildman–Crippen LogP) is 4.42. The molecule has 26 heavy (non-hydrogen) atoms. The van der Waals surface area contributed by atoms with Crippen LogP contribution in [0.1, 0.15) is 12.5 Å². The number of aryl methyl sites for hydroxylation is 1. The summed E-state index contributed by atoms with van der Waals surface area (Å²) >= 11 is 0. The van der Waals surface area contributed by atoms with Crippen molar-refractivity contribution >= 4 is 5.97 Å². The van der Waals surface area contributed by atoms with E-state index in [2.05, 4.69) is 11.9 Å². The molecular weight excluding hydrogens is 330 g/mol. The Bertz CT molecular complexity index is 830. The molecule has 0 spiro atoms. The maximum atomic E-state index is 11.9. The van der Waals surface area contributed by atoms with Crippen LogP contribution in [0, 0.1) is 0 Å². The zero-order valence-electron chi connectivity index (χ0n) is 14.4. The van der Waals surface area contributed by atoms with Crippen LogP contribution in [0.3, 0.4) is 0 Å². The maximum absolute atomic E-state index is 11.9. The number of hydrogen-bond acceptors (Lipinski definition) is 5.